The van der Waals surface area contributed by atoms with Crippen LogP contribution in [0.2, 0.25) is 0 Å². The lowest BCUT2D eigenvalue weighted by molar-refractivity contribution is -0.151. The summed E-state index contributed by atoms with van der Waals surface area (Å²) in [6, 6.07) is 0. The van der Waals surface area contributed by atoms with Crippen LogP contribution in [-0.4, -0.2) is 32.9 Å². The van der Waals surface area contributed by atoms with E-state index in [-0.39, 0.29) is 12.2 Å². The quantitative estimate of drug-likeness (QED) is 0.752. The van der Waals surface area contributed by atoms with Gasteiger partial charge in [-0.05, 0) is 13.8 Å². The van der Waals surface area contributed by atoms with E-state index in [0.717, 1.165) is 0 Å². The molecule has 16 heavy (non-hydrogen) atoms. The summed E-state index contributed by atoms with van der Waals surface area (Å²) in [6.45, 7) is 4.48. The summed E-state index contributed by atoms with van der Waals surface area (Å²) < 4.78 is 7.89. The molecule has 0 aliphatic rings. The molecule has 0 amide bonds. The predicted molar refractivity (Wildman–Crippen MR) is 57.4 cm³/mol. The Morgan fingerprint density at radius 3 is 2.50 bits per heavy atom. The third kappa shape index (κ3) is 2.73. The van der Waals surface area contributed by atoms with Crippen LogP contribution in [0.25, 0.3) is 0 Å². The van der Waals surface area contributed by atoms with Crippen LogP contribution in [0.1, 0.15) is 13.8 Å². The van der Waals surface area contributed by atoms with Crippen LogP contribution in [0, 0.1) is 0 Å². The van der Waals surface area contributed by atoms with Crippen molar-refractivity contribution in [3.63, 3.8) is 0 Å². The van der Waals surface area contributed by atoms with Gasteiger partial charge in [0.1, 0.15) is 0 Å². The molecule has 6 heteroatoms. The molecule has 1 N–H and O–H groups in total. The standard InChI is InChI=1S/C10H16N2O4/c1-3-11-5-6-12(10(11)15)7-8(9(13)14)16-4-2/h5-6,8H,3-4,7H2,1-2H3,(H,13,14). The SMILES string of the molecule is CCOC(Cn1ccn(CC)c1=O)C(=O)O. The molecule has 0 aliphatic heterocycles. The second-order valence-electron chi connectivity index (χ2n) is 3.30. The average molecular weight is 228 g/mol. The van der Waals surface area contributed by atoms with Gasteiger partial charge in [0.15, 0.2) is 6.10 Å². The lowest BCUT2D eigenvalue weighted by Gasteiger charge is -2.12. The van der Waals surface area contributed by atoms with Crippen molar-refractivity contribution >= 4 is 5.97 Å². The number of aryl methyl sites for hydroxylation is 1. The molecule has 1 unspecified atom stereocenters. The summed E-state index contributed by atoms with van der Waals surface area (Å²) in [6.07, 6.45) is 2.23. The average Bonchev–Trinajstić information content (AvgIpc) is 2.59. The Balaban J connectivity index is 2.81. The van der Waals surface area contributed by atoms with Crippen molar-refractivity contribution in [3.05, 3.63) is 22.9 Å². The maximum Gasteiger partial charge on any atom is 0.334 e. The third-order valence-electron chi connectivity index (χ3n) is 2.26. The maximum absolute atomic E-state index is 11.6. The molecule has 0 spiro atoms. The highest BCUT2D eigenvalue weighted by molar-refractivity contribution is 5.72. The number of nitrogens with zero attached hydrogens (tertiary/aromatic N) is 2. The molecule has 0 fully saturated rings. The zero-order valence-corrected chi connectivity index (χ0v) is 9.42. The molecule has 1 aromatic rings. The summed E-state index contributed by atoms with van der Waals surface area (Å²) in [4.78, 5) is 22.5. The maximum atomic E-state index is 11.6. The van der Waals surface area contributed by atoms with E-state index in [1.54, 1.807) is 19.3 Å². The predicted octanol–water partition coefficient (Wildman–Crippen LogP) is 0.159. The van der Waals surface area contributed by atoms with E-state index >= 15 is 0 Å². The minimum Gasteiger partial charge on any atom is -0.479 e. The highest BCUT2D eigenvalue weighted by Gasteiger charge is 2.19. The number of carboxylic acid groups (broad SMARTS) is 1. The summed E-state index contributed by atoms with van der Waals surface area (Å²) in [5.74, 6) is -1.06. The molecule has 0 bridgehead atoms. The van der Waals surface area contributed by atoms with Gasteiger partial charge in [-0.2, -0.15) is 0 Å². The summed E-state index contributed by atoms with van der Waals surface area (Å²) in [7, 11) is 0. The first-order valence-electron chi connectivity index (χ1n) is 5.20. The van der Waals surface area contributed by atoms with E-state index in [2.05, 4.69) is 0 Å². The largest absolute Gasteiger partial charge is 0.479 e. The van der Waals surface area contributed by atoms with Crippen molar-refractivity contribution in [2.24, 2.45) is 0 Å². The Hall–Kier alpha value is -1.56. The number of aromatic nitrogens is 2. The summed E-state index contributed by atoms with van der Waals surface area (Å²) >= 11 is 0. The molecule has 90 valence electrons. The molecule has 0 radical (unpaired) electrons. The zero-order valence-electron chi connectivity index (χ0n) is 9.42. The molecule has 0 saturated heterocycles. The number of hydrogen-bond donors (Lipinski definition) is 1. The lowest BCUT2D eigenvalue weighted by atomic mass is 10.3. The molecule has 6 nitrogen and oxygen atoms in total. The number of hydrogen-bond acceptors (Lipinski definition) is 3. The minimum atomic E-state index is -1.06. The molecule has 1 atom stereocenters. The van der Waals surface area contributed by atoms with Gasteiger partial charge < -0.3 is 9.84 Å². The Labute approximate surface area is 93.1 Å². The molecular weight excluding hydrogens is 212 g/mol. The van der Waals surface area contributed by atoms with Crippen molar-refractivity contribution in [2.75, 3.05) is 6.61 Å². The van der Waals surface area contributed by atoms with Gasteiger partial charge in [0.05, 0.1) is 6.54 Å². The second kappa shape index (κ2) is 5.50. The highest BCUT2D eigenvalue weighted by atomic mass is 16.5. The fourth-order valence-corrected chi connectivity index (χ4v) is 1.41. The van der Waals surface area contributed by atoms with E-state index in [0.29, 0.717) is 13.2 Å². The van der Waals surface area contributed by atoms with Gasteiger partial charge in [0.25, 0.3) is 0 Å². The summed E-state index contributed by atoms with van der Waals surface area (Å²) in [5.41, 5.74) is -0.214. The molecule has 0 aromatic carbocycles. The van der Waals surface area contributed by atoms with Crippen molar-refractivity contribution in [1.29, 1.82) is 0 Å². The smallest absolute Gasteiger partial charge is 0.334 e. The first kappa shape index (κ1) is 12.5. The lowest BCUT2D eigenvalue weighted by Crippen LogP contribution is -2.34. The van der Waals surface area contributed by atoms with Crippen LogP contribution >= 0.6 is 0 Å². The van der Waals surface area contributed by atoms with Gasteiger partial charge in [-0.25, -0.2) is 9.59 Å². The van der Waals surface area contributed by atoms with Gasteiger partial charge in [0.2, 0.25) is 0 Å². The number of aliphatic carboxylic acids is 1. The number of ether oxygens (including phenoxy) is 1. The molecular formula is C10H16N2O4. The van der Waals surface area contributed by atoms with Crippen LogP contribution in [0.5, 0.6) is 0 Å². The molecule has 1 heterocycles. The van der Waals surface area contributed by atoms with Gasteiger partial charge in [0, 0.05) is 25.5 Å². The molecule has 1 rings (SSSR count). The molecule has 0 aliphatic carbocycles. The number of carbonyl (C=O) groups is 1. The second-order valence-corrected chi connectivity index (χ2v) is 3.30. The Morgan fingerprint density at radius 2 is 2.06 bits per heavy atom. The number of rotatable bonds is 6. The van der Waals surface area contributed by atoms with E-state index in [4.69, 9.17) is 9.84 Å². The highest BCUT2D eigenvalue weighted by Crippen LogP contribution is 1.97. The molecule has 0 saturated carbocycles. The van der Waals surface area contributed by atoms with Crippen LogP contribution in [-0.2, 0) is 22.6 Å². The normalized spacial score (nSPS) is 12.6. The fraction of sp³-hybridized carbons (Fsp3) is 0.600. The van der Waals surface area contributed by atoms with Crippen LogP contribution in [0.3, 0.4) is 0 Å². The van der Waals surface area contributed by atoms with E-state index in [9.17, 15) is 9.59 Å². The van der Waals surface area contributed by atoms with E-state index in [1.165, 1.54) is 9.13 Å². The Morgan fingerprint density at radius 1 is 1.44 bits per heavy atom. The van der Waals surface area contributed by atoms with Crippen LogP contribution < -0.4 is 5.69 Å². The van der Waals surface area contributed by atoms with E-state index < -0.39 is 12.1 Å². The first-order valence-corrected chi connectivity index (χ1v) is 5.20. The Kier molecular flexibility index (Phi) is 4.30. The third-order valence-corrected chi connectivity index (χ3v) is 2.26. The number of imidazole rings is 1. The van der Waals surface area contributed by atoms with Crippen molar-refractivity contribution in [3.8, 4) is 0 Å². The van der Waals surface area contributed by atoms with Crippen molar-refractivity contribution < 1.29 is 14.6 Å². The fourth-order valence-electron chi connectivity index (χ4n) is 1.41. The van der Waals surface area contributed by atoms with Gasteiger partial charge in [-0.15, -0.1) is 0 Å². The molecule has 1 aromatic heterocycles. The Bertz CT molecular complexity index is 407. The van der Waals surface area contributed by atoms with E-state index in [1.807, 2.05) is 6.92 Å². The monoisotopic (exact) mass is 228 g/mol. The van der Waals surface area contributed by atoms with Gasteiger partial charge >= 0.3 is 11.7 Å². The minimum absolute atomic E-state index is 0.0367. The van der Waals surface area contributed by atoms with Crippen molar-refractivity contribution in [1.82, 2.24) is 9.13 Å². The van der Waals surface area contributed by atoms with Gasteiger partial charge in [-0.1, -0.05) is 0 Å². The first-order chi connectivity index (χ1) is 7.60. The van der Waals surface area contributed by atoms with Crippen LogP contribution in [0.4, 0.5) is 0 Å². The zero-order chi connectivity index (χ0) is 12.1. The van der Waals surface area contributed by atoms with Gasteiger partial charge in [-0.3, -0.25) is 9.13 Å². The van der Waals surface area contributed by atoms with Crippen molar-refractivity contribution in [2.45, 2.75) is 33.0 Å². The number of carboxylic acids is 1. The van der Waals surface area contributed by atoms with Crippen LogP contribution in [0.15, 0.2) is 17.2 Å². The topological polar surface area (TPSA) is 73.5 Å². The summed E-state index contributed by atoms with van der Waals surface area (Å²) in [5, 5.41) is 8.87.